The van der Waals surface area contributed by atoms with Crippen molar-refractivity contribution >= 4 is 5.91 Å². The summed E-state index contributed by atoms with van der Waals surface area (Å²) in [6, 6.07) is 24.4. The van der Waals surface area contributed by atoms with Gasteiger partial charge in [0, 0.05) is 12.1 Å². The largest absolute Gasteiger partial charge is 0.476 e. The maximum absolute atomic E-state index is 12.8. The summed E-state index contributed by atoms with van der Waals surface area (Å²) in [4.78, 5) is 12.8. The number of carbonyl (C=O) groups excluding carboxylic acids is 1. The number of nitrogens with one attached hydrogen (secondary N) is 1. The Hall–Kier alpha value is -3.41. The number of hydrogen-bond acceptors (Lipinski definition) is 3. The molecule has 0 bridgehead atoms. The van der Waals surface area contributed by atoms with Crippen molar-refractivity contribution in [1.82, 2.24) is 5.32 Å². The van der Waals surface area contributed by atoms with Crippen molar-refractivity contribution in [3.63, 3.8) is 0 Å². The van der Waals surface area contributed by atoms with Gasteiger partial charge in [-0.1, -0.05) is 60.7 Å². The number of carbonyl (C=O) groups is 1. The molecule has 3 rings (SSSR count). The van der Waals surface area contributed by atoms with Gasteiger partial charge in [-0.25, -0.2) is 0 Å². The molecule has 0 heterocycles. The number of rotatable bonds is 8. The minimum atomic E-state index is -2.87. The average molecular weight is 383 g/mol. The van der Waals surface area contributed by atoms with Gasteiger partial charge in [0.05, 0.1) is 0 Å². The SMILES string of the molecule is O=C(NCc1ccc(OC(F)F)cc1)C(Oc1ccccc1)c1ccccc1. The zero-order valence-electron chi connectivity index (χ0n) is 14.9. The van der Waals surface area contributed by atoms with Crippen molar-refractivity contribution < 1.29 is 23.0 Å². The first-order chi connectivity index (χ1) is 13.6. The summed E-state index contributed by atoms with van der Waals surface area (Å²) < 4.78 is 34.6. The first-order valence-corrected chi connectivity index (χ1v) is 8.70. The van der Waals surface area contributed by atoms with E-state index in [1.54, 1.807) is 24.3 Å². The van der Waals surface area contributed by atoms with Gasteiger partial charge in [-0.3, -0.25) is 4.79 Å². The second-order valence-electron chi connectivity index (χ2n) is 5.96. The van der Waals surface area contributed by atoms with Gasteiger partial charge in [-0.15, -0.1) is 0 Å². The molecule has 0 aliphatic heterocycles. The van der Waals surface area contributed by atoms with E-state index in [0.29, 0.717) is 5.75 Å². The van der Waals surface area contributed by atoms with Crippen LogP contribution in [0, 0.1) is 0 Å². The minimum absolute atomic E-state index is 0.0691. The molecule has 0 saturated heterocycles. The molecule has 0 aliphatic rings. The molecule has 1 amide bonds. The summed E-state index contributed by atoms with van der Waals surface area (Å²) >= 11 is 0. The minimum Gasteiger partial charge on any atom is -0.476 e. The van der Waals surface area contributed by atoms with Gasteiger partial charge >= 0.3 is 6.61 Å². The molecule has 28 heavy (non-hydrogen) atoms. The lowest BCUT2D eigenvalue weighted by molar-refractivity contribution is -0.128. The van der Waals surface area contributed by atoms with Crippen LogP contribution in [0.25, 0.3) is 0 Å². The third kappa shape index (κ3) is 5.54. The third-order valence-corrected chi connectivity index (χ3v) is 3.95. The lowest BCUT2D eigenvalue weighted by atomic mass is 10.1. The van der Waals surface area contributed by atoms with Crippen molar-refractivity contribution in [2.45, 2.75) is 19.3 Å². The predicted octanol–water partition coefficient (Wildman–Crippen LogP) is 4.72. The first kappa shape index (κ1) is 19.4. The number of alkyl halides is 2. The summed E-state index contributed by atoms with van der Waals surface area (Å²) in [6.45, 7) is -2.64. The molecule has 144 valence electrons. The van der Waals surface area contributed by atoms with E-state index in [-0.39, 0.29) is 18.2 Å². The molecule has 6 heteroatoms. The second kappa shape index (κ2) is 9.50. The van der Waals surface area contributed by atoms with Gasteiger partial charge in [-0.05, 0) is 29.8 Å². The Morgan fingerprint density at radius 2 is 1.36 bits per heavy atom. The molecule has 0 fully saturated rings. The Morgan fingerprint density at radius 3 is 1.96 bits per heavy atom. The number of amides is 1. The van der Waals surface area contributed by atoms with E-state index < -0.39 is 12.7 Å². The van der Waals surface area contributed by atoms with E-state index in [1.807, 2.05) is 48.5 Å². The summed E-state index contributed by atoms with van der Waals surface area (Å²) in [5, 5.41) is 2.83. The van der Waals surface area contributed by atoms with E-state index in [4.69, 9.17) is 4.74 Å². The zero-order valence-corrected chi connectivity index (χ0v) is 14.9. The molecule has 3 aromatic rings. The van der Waals surface area contributed by atoms with E-state index in [9.17, 15) is 13.6 Å². The van der Waals surface area contributed by atoms with Gasteiger partial charge in [0.1, 0.15) is 11.5 Å². The number of benzene rings is 3. The Kier molecular flexibility index (Phi) is 6.57. The zero-order chi connectivity index (χ0) is 19.8. The normalized spacial score (nSPS) is 11.7. The standard InChI is InChI=1S/C22H19F2NO3/c23-22(24)28-19-13-11-16(12-14-19)15-25-21(26)20(17-7-3-1-4-8-17)27-18-9-5-2-6-10-18/h1-14,20,22H,15H2,(H,25,26). The van der Waals surface area contributed by atoms with Gasteiger partial charge in [0.2, 0.25) is 6.10 Å². The number of para-hydroxylation sites is 1. The van der Waals surface area contributed by atoms with Crippen molar-refractivity contribution in [1.29, 1.82) is 0 Å². The van der Waals surface area contributed by atoms with Gasteiger partial charge in [0.15, 0.2) is 0 Å². The quantitative estimate of drug-likeness (QED) is 0.612. The molecule has 4 nitrogen and oxygen atoms in total. The van der Waals surface area contributed by atoms with E-state index in [2.05, 4.69) is 10.1 Å². The molecule has 3 aromatic carbocycles. The smallest absolute Gasteiger partial charge is 0.387 e. The Morgan fingerprint density at radius 1 is 0.786 bits per heavy atom. The van der Waals surface area contributed by atoms with Crippen LogP contribution in [0.2, 0.25) is 0 Å². The van der Waals surface area contributed by atoms with Crippen molar-refractivity contribution in [3.8, 4) is 11.5 Å². The highest BCUT2D eigenvalue weighted by atomic mass is 19.3. The number of hydrogen-bond donors (Lipinski definition) is 1. The van der Waals surface area contributed by atoms with Crippen LogP contribution in [0.15, 0.2) is 84.9 Å². The molecule has 0 aromatic heterocycles. The fourth-order valence-corrected chi connectivity index (χ4v) is 2.61. The van der Waals surface area contributed by atoms with Crippen molar-refractivity contribution in [3.05, 3.63) is 96.1 Å². The second-order valence-corrected chi connectivity index (χ2v) is 5.96. The van der Waals surface area contributed by atoms with Crippen LogP contribution >= 0.6 is 0 Å². The summed E-state index contributed by atoms with van der Waals surface area (Å²) in [6.07, 6.45) is -0.815. The molecule has 0 spiro atoms. The summed E-state index contributed by atoms with van der Waals surface area (Å²) in [5.74, 6) is 0.350. The van der Waals surface area contributed by atoms with E-state index >= 15 is 0 Å². The van der Waals surface area contributed by atoms with Crippen LogP contribution < -0.4 is 14.8 Å². The molecule has 1 N–H and O–H groups in total. The number of ether oxygens (including phenoxy) is 2. The monoisotopic (exact) mass is 383 g/mol. The van der Waals surface area contributed by atoms with Crippen LogP contribution in [0.1, 0.15) is 17.2 Å². The highest BCUT2D eigenvalue weighted by Crippen LogP contribution is 2.22. The number of halogens is 2. The van der Waals surface area contributed by atoms with Crippen LogP contribution in [0.3, 0.4) is 0 Å². The maximum atomic E-state index is 12.8. The topological polar surface area (TPSA) is 47.6 Å². The predicted molar refractivity (Wildman–Crippen MR) is 101 cm³/mol. The third-order valence-electron chi connectivity index (χ3n) is 3.95. The molecular formula is C22H19F2NO3. The van der Waals surface area contributed by atoms with Gasteiger partial charge in [0.25, 0.3) is 5.91 Å². The Labute approximate surface area is 161 Å². The molecule has 0 saturated carbocycles. The molecule has 1 atom stereocenters. The fraction of sp³-hybridized carbons (Fsp3) is 0.136. The maximum Gasteiger partial charge on any atom is 0.387 e. The lowest BCUT2D eigenvalue weighted by Crippen LogP contribution is -2.32. The first-order valence-electron chi connectivity index (χ1n) is 8.70. The van der Waals surface area contributed by atoms with Crippen LogP contribution in [0.4, 0.5) is 8.78 Å². The van der Waals surface area contributed by atoms with Crippen molar-refractivity contribution in [2.75, 3.05) is 0 Å². The molecular weight excluding hydrogens is 364 g/mol. The van der Waals surface area contributed by atoms with Crippen molar-refractivity contribution in [2.24, 2.45) is 0 Å². The fourth-order valence-electron chi connectivity index (χ4n) is 2.61. The van der Waals surface area contributed by atoms with Gasteiger partial charge in [-0.2, -0.15) is 8.78 Å². The van der Waals surface area contributed by atoms with Gasteiger partial charge < -0.3 is 14.8 Å². The Balaban J connectivity index is 1.67. The van der Waals surface area contributed by atoms with Crippen LogP contribution in [-0.4, -0.2) is 12.5 Å². The summed E-state index contributed by atoms with van der Waals surface area (Å²) in [5.41, 5.74) is 1.48. The lowest BCUT2D eigenvalue weighted by Gasteiger charge is -2.19. The average Bonchev–Trinajstić information content (AvgIpc) is 2.72. The van der Waals surface area contributed by atoms with Crippen LogP contribution in [0.5, 0.6) is 11.5 Å². The molecule has 1 unspecified atom stereocenters. The van der Waals surface area contributed by atoms with E-state index in [1.165, 1.54) is 12.1 Å². The van der Waals surface area contributed by atoms with E-state index in [0.717, 1.165) is 11.1 Å². The highest BCUT2D eigenvalue weighted by molar-refractivity contribution is 5.82. The molecule has 0 radical (unpaired) electrons. The molecule has 0 aliphatic carbocycles. The highest BCUT2D eigenvalue weighted by Gasteiger charge is 2.22. The summed E-state index contributed by atoms with van der Waals surface area (Å²) in [7, 11) is 0. The van der Waals surface area contributed by atoms with Crippen LogP contribution in [-0.2, 0) is 11.3 Å². The Bertz CT molecular complexity index is 871.